The molecule has 1 aromatic rings. The van der Waals surface area contributed by atoms with Gasteiger partial charge in [0, 0.05) is 31.2 Å². The Labute approximate surface area is 166 Å². The van der Waals surface area contributed by atoms with Gasteiger partial charge in [0.25, 0.3) is 0 Å². The Hall–Kier alpha value is -1.11. The number of likely N-dealkylation sites (tertiary alicyclic amines) is 1. The molecule has 1 fully saturated rings. The molecule has 0 aliphatic carbocycles. The summed E-state index contributed by atoms with van der Waals surface area (Å²) in [5.41, 5.74) is 1.24. The van der Waals surface area contributed by atoms with Crippen LogP contribution in [-0.4, -0.2) is 57.3 Å². The highest BCUT2D eigenvalue weighted by Crippen LogP contribution is 2.22. The maximum Gasteiger partial charge on any atom is 0.191 e. The van der Waals surface area contributed by atoms with Gasteiger partial charge in [-0.3, -0.25) is 4.99 Å². The minimum absolute atomic E-state index is 0.194. The summed E-state index contributed by atoms with van der Waals surface area (Å²) in [7, 11) is 1.77. The van der Waals surface area contributed by atoms with Gasteiger partial charge in [0.1, 0.15) is 0 Å². The molecule has 0 spiro atoms. The molecule has 146 valence electrons. The average molecular weight is 425 g/mol. The van der Waals surface area contributed by atoms with Crippen LogP contribution in [0.15, 0.2) is 33.7 Å². The molecule has 1 aliphatic heterocycles. The van der Waals surface area contributed by atoms with Crippen molar-refractivity contribution in [1.82, 2.24) is 15.5 Å². The molecule has 1 atom stereocenters. The zero-order chi connectivity index (χ0) is 18.8. The molecule has 2 N–H and O–H groups in total. The van der Waals surface area contributed by atoms with E-state index >= 15 is 0 Å². The predicted octanol–water partition coefficient (Wildman–Crippen LogP) is 3.42. The number of guanidine groups is 1. The van der Waals surface area contributed by atoms with Gasteiger partial charge in [-0.15, -0.1) is 0 Å². The van der Waals surface area contributed by atoms with Crippen LogP contribution < -0.4 is 10.6 Å². The lowest BCUT2D eigenvalue weighted by Gasteiger charge is -2.31. The Morgan fingerprint density at radius 3 is 2.73 bits per heavy atom. The van der Waals surface area contributed by atoms with Gasteiger partial charge in [-0.25, -0.2) is 0 Å². The van der Waals surface area contributed by atoms with Crippen molar-refractivity contribution >= 4 is 21.9 Å². The fraction of sp³-hybridized carbons (Fsp3) is 0.650. The van der Waals surface area contributed by atoms with Crippen molar-refractivity contribution in [3.8, 4) is 0 Å². The van der Waals surface area contributed by atoms with Crippen LogP contribution >= 0.6 is 15.9 Å². The van der Waals surface area contributed by atoms with Crippen molar-refractivity contribution in [2.24, 2.45) is 10.9 Å². The van der Waals surface area contributed by atoms with Crippen molar-refractivity contribution in [1.29, 1.82) is 0 Å². The van der Waals surface area contributed by atoms with Crippen LogP contribution in [0, 0.1) is 5.92 Å². The lowest BCUT2D eigenvalue weighted by molar-refractivity contribution is 0.121. The molecule has 1 saturated heterocycles. The fourth-order valence-corrected chi connectivity index (χ4v) is 3.89. The molecule has 0 aromatic heterocycles. The Balaban J connectivity index is 1.86. The summed E-state index contributed by atoms with van der Waals surface area (Å²) < 4.78 is 6.30. The molecule has 2 rings (SSSR count). The van der Waals surface area contributed by atoms with Crippen LogP contribution in [-0.2, 0) is 4.74 Å². The van der Waals surface area contributed by atoms with Gasteiger partial charge in [0.15, 0.2) is 5.96 Å². The van der Waals surface area contributed by atoms with Gasteiger partial charge in [-0.1, -0.05) is 34.1 Å². The molecule has 6 heteroatoms. The van der Waals surface area contributed by atoms with Crippen molar-refractivity contribution in [2.45, 2.75) is 32.7 Å². The highest BCUT2D eigenvalue weighted by Gasteiger charge is 2.19. The van der Waals surface area contributed by atoms with Crippen LogP contribution in [0.2, 0.25) is 0 Å². The summed E-state index contributed by atoms with van der Waals surface area (Å²) in [6.45, 7) is 10.2. The molecule has 1 unspecified atom stereocenters. The predicted molar refractivity (Wildman–Crippen MR) is 113 cm³/mol. The smallest absolute Gasteiger partial charge is 0.191 e. The first-order valence-electron chi connectivity index (χ1n) is 9.64. The SMILES string of the molecule is CCNC(=NCC1CCN(CCOC)CC1)NC(C)c1ccccc1Br. The van der Waals surface area contributed by atoms with Crippen molar-refractivity contribution in [3.05, 3.63) is 34.3 Å². The van der Waals surface area contributed by atoms with Crippen LogP contribution in [0.25, 0.3) is 0 Å². The molecular formula is C20H33BrN4O. The summed E-state index contributed by atoms with van der Waals surface area (Å²) in [4.78, 5) is 7.34. The lowest BCUT2D eigenvalue weighted by Crippen LogP contribution is -2.40. The number of methoxy groups -OCH3 is 1. The largest absolute Gasteiger partial charge is 0.383 e. The molecule has 1 heterocycles. The minimum Gasteiger partial charge on any atom is -0.383 e. The summed E-state index contributed by atoms with van der Waals surface area (Å²) in [5, 5.41) is 6.91. The third kappa shape index (κ3) is 6.89. The Morgan fingerprint density at radius 2 is 2.08 bits per heavy atom. The monoisotopic (exact) mass is 424 g/mol. The minimum atomic E-state index is 0.194. The van der Waals surface area contributed by atoms with Gasteiger partial charge < -0.3 is 20.3 Å². The molecule has 1 aliphatic rings. The van der Waals surface area contributed by atoms with Crippen LogP contribution in [0.3, 0.4) is 0 Å². The Kier molecular flexibility index (Phi) is 9.43. The second kappa shape index (κ2) is 11.6. The Morgan fingerprint density at radius 1 is 1.35 bits per heavy atom. The van der Waals surface area contributed by atoms with Gasteiger partial charge in [-0.05, 0) is 57.3 Å². The molecule has 0 amide bonds. The third-order valence-electron chi connectivity index (χ3n) is 4.90. The summed E-state index contributed by atoms with van der Waals surface area (Å²) in [5.74, 6) is 1.57. The van der Waals surface area contributed by atoms with E-state index in [2.05, 4.69) is 63.5 Å². The van der Waals surface area contributed by atoms with Crippen molar-refractivity contribution < 1.29 is 4.74 Å². The van der Waals surface area contributed by atoms with E-state index in [0.717, 1.165) is 49.8 Å². The number of hydrogen-bond acceptors (Lipinski definition) is 3. The average Bonchev–Trinajstić information content (AvgIpc) is 2.65. The first-order chi connectivity index (χ1) is 12.6. The second-order valence-corrected chi connectivity index (χ2v) is 7.74. The van der Waals surface area contributed by atoms with E-state index in [0.29, 0.717) is 5.92 Å². The van der Waals surface area contributed by atoms with E-state index in [9.17, 15) is 0 Å². The number of hydrogen-bond donors (Lipinski definition) is 2. The van der Waals surface area contributed by atoms with Crippen molar-refractivity contribution in [3.63, 3.8) is 0 Å². The topological polar surface area (TPSA) is 48.9 Å². The van der Waals surface area contributed by atoms with Crippen LogP contribution in [0.4, 0.5) is 0 Å². The second-order valence-electron chi connectivity index (χ2n) is 6.88. The molecular weight excluding hydrogens is 392 g/mol. The van der Waals surface area contributed by atoms with E-state index in [1.165, 1.54) is 18.4 Å². The maximum absolute atomic E-state index is 5.18. The number of aliphatic imine (C=N–C) groups is 1. The normalized spacial score (nSPS) is 17.9. The van der Waals surface area contributed by atoms with Gasteiger partial charge in [-0.2, -0.15) is 0 Å². The maximum atomic E-state index is 5.18. The highest BCUT2D eigenvalue weighted by atomic mass is 79.9. The molecule has 0 saturated carbocycles. The van der Waals surface area contributed by atoms with Gasteiger partial charge in [0.05, 0.1) is 12.6 Å². The summed E-state index contributed by atoms with van der Waals surface area (Å²) in [6, 6.07) is 8.52. The summed E-state index contributed by atoms with van der Waals surface area (Å²) >= 11 is 3.64. The lowest BCUT2D eigenvalue weighted by atomic mass is 9.97. The number of piperidine rings is 1. The van der Waals surface area contributed by atoms with E-state index in [1.54, 1.807) is 7.11 Å². The third-order valence-corrected chi connectivity index (χ3v) is 5.62. The highest BCUT2D eigenvalue weighted by molar-refractivity contribution is 9.10. The first kappa shape index (κ1) is 21.2. The molecule has 0 bridgehead atoms. The number of nitrogens with zero attached hydrogens (tertiary/aromatic N) is 2. The number of nitrogens with one attached hydrogen (secondary N) is 2. The van der Waals surface area contributed by atoms with Crippen molar-refractivity contribution in [2.75, 3.05) is 46.4 Å². The number of rotatable bonds is 8. The summed E-state index contributed by atoms with van der Waals surface area (Å²) in [6.07, 6.45) is 2.43. The quantitative estimate of drug-likeness (QED) is 0.495. The van der Waals surface area contributed by atoms with Gasteiger partial charge in [0.2, 0.25) is 0 Å². The Bertz CT molecular complexity index is 558. The zero-order valence-corrected chi connectivity index (χ0v) is 17.9. The standard InChI is InChI=1S/C20H33BrN4O/c1-4-22-20(24-16(2)18-7-5-6-8-19(18)21)23-15-17-9-11-25(12-10-17)13-14-26-3/h5-8,16-17H,4,9-15H2,1-3H3,(H2,22,23,24). The number of ether oxygens (including phenoxy) is 1. The first-order valence-corrected chi connectivity index (χ1v) is 10.4. The van der Waals surface area contributed by atoms with E-state index < -0.39 is 0 Å². The molecule has 5 nitrogen and oxygen atoms in total. The fourth-order valence-electron chi connectivity index (χ4n) is 3.26. The molecule has 0 radical (unpaired) electrons. The zero-order valence-electron chi connectivity index (χ0n) is 16.3. The van der Waals surface area contributed by atoms with Crippen LogP contribution in [0.5, 0.6) is 0 Å². The van der Waals surface area contributed by atoms with E-state index in [1.807, 2.05) is 6.07 Å². The molecule has 26 heavy (non-hydrogen) atoms. The van der Waals surface area contributed by atoms with E-state index in [4.69, 9.17) is 9.73 Å². The van der Waals surface area contributed by atoms with E-state index in [-0.39, 0.29) is 6.04 Å². The molecule has 1 aromatic carbocycles. The van der Waals surface area contributed by atoms with Gasteiger partial charge >= 0.3 is 0 Å². The number of halogens is 1. The number of benzene rings is 1. The van der Waals surface area contributed by atoms with Crippen LogP contribution in [0.1, 0.15) is 38.3 Å².